The van der Waals surface area contributed by atoms with Crippen LogP contribution in [0.25, 0.3) is 0 Å². The highest BCUT2D eigenvalue weighted by Gasteiger charge is 2.19. The van der Waals surface area contributed by atoms with Crippen molar-refractivity contribution in [3.63, 3.8) is 0 Å². The molecule has 2 N–H and O–H groups in total. The minimum Gasteiger partial charge on any atom is -0.322 e. The molecule has 0 bridgehead atoms. The maximum absolute atomic E-state index is 12.7. The van der Waals surface area contributed by atoms with Gasteiger partial charge in [0.2, 0.25) is 10.0 Å². The summed E-state index contributed by atoms with van der Waals surface area (Å²) in [6.45, 7) is 1.78. The molecular weight excluding hydrogens is 360 g/mol. The maximum Gasteiger partial charge on any atom is 0.255 e. The first-order chi connectivity index (χ1) is 13.0. The molecule has 27 heavy (non-hydrogen) atoms. The molecule has 3 aromatic rings. The average Bonchev–Trinajstić information content (AvgIpc) is 2.69. The fraction of sp³-hybridized carbons (Fsp3) is 0.0952. The van der Waals surface area contributed by atoms with Gasteiger partial charge in [-0.15, -0.1) is 0 Å². The summed E-state index contributed by atoms with van der Waals surface area (Å²) >= 11 is 0. The Morgan fingerprint density at radius 1 is 0.852 bits per heavy atom. The number of benzene rings is 3. The molecule has 3 rings (SSSR count). The first-order valence-corrected chi connectivity index (χ1v) is 9.98. The normalized spacial score (nSPS) is 12.3. The Labute approximate surface area is 159 Å². The second kappa shape index (κ2) is 8.16. The van der Waals surface area contributed by atoms with Gasteiger partial charge in [0.25, 0.3) is 5.91 Å². The quantitative estimate of drug-likeness (QED) is 0.679. The van der Waals surface area contributed by atoms with Crippen LogP contribution in [-0.2, 0) is 10.0 Å². The van der Waals surface area contributed by atoms with Crippen LogP contribution in [0.2, 0.25) is 0 Å². The maximum atomic E-state index is 12.7. The molecule has 138 valence electrons. The summed E-state index contributed by atoms with van der Waals surface area (Å²) in [4.78, 5) is 12.5. The van der Waals surface area contributed by atoms with Gasteiger partial charge in [0, 0.05) is 17.3 Å². The van der Waals surface area contributed by atoms with E-state index in [0.29, 0.717) is 5.69 Å². The van der Waals surface area contributed by atoms with Crippen molar-refractivity contribution >= 4 is 21.6 Å². The lowest BCUT2D eigenvalue weighted by molar-refractivity contribution is 0.102. The molecule has 0 aliphatic rings. The molecule has 1 atom stereocenters. The van der Waals surface area contributed by atoms with Gasteiger partial charge in [-0.25, -0.2) is 13.1 Å². The number of para-hydroxylation sites is 1. The van der Waals surface area contributed by atoms with Gasteiger partial charge in [-0.05, 0) is 42.8 Å². The largest absolute Gasteiger partial charge is 0.322 e. The van der Waals surface area contributed by atoms with Crippen LogP contribution in [0.4, 0.5) is 5.69 Å². The summed E-state index contributed by atoms with van der Waals surface area (Å²) < 4.78 is 28.1. The van der Waals surface area contributed by atoms with Crippen LogP contribution in [0, 0.1) is 0 Å². The van der Waals surface area contributed by atoms with Crippen molar-refractivity contribution in [3.8, 4) is 0 Å². The molecule has 1 amide bonds. The molecule has 0 fully saturated rings. The number of hydrogen-bond acceptors (Lipinski definition) is 3. The lowest BCUT2D eigenvalue weighted by atomic mass is 10.1. The zero-order valence-electron chi connectivity index (χ0n) is 14.8. The summed E-state index contributed by atoms with van der Waals surface area (Å²) in [7, 11) is -3.77. The van der Waals surface area contributed by atoms with Crippen molar-refractivity contribution in [3.05, 3.63) is 96.1 Å². The van der Waals surface area contributed by atoms with Crippen LogP contribution in [0.5, 0.6) is 0 Å². The lowest BCUT2D eigenvalue weighted by Gasteiger charge is -2.15. The molecule has 0 saturated heterocycles. The fourth-order valence-corrected chi connectivity index (χ4v) is 3.92. The van der Waals surface area contributed by atoms with Crippen LogP contribution < -0.4 is 10.0 Å². The van der Waals surface area contributed by atoms with Crippen molar-refractivity contribution < 1.29 is 13.2 Å². The Balaban J connectivity index is 1.78. The summed E-state index contributed by atoms with van der Waals surface area (Å²) in [5.41, 5.74) is 1.78. The van der Waals surface area contributed by atoms with Crippen molar-refractivity contribution in [2.75, 3.05) is 5.32 Å². The number of rotatable bonds is 6. The van der Waals surface area contributed by atoms with E-state index in [1.165, 1.54) is 12.1 Å². The van der Waals surface area contributed by atoms with Crippen LogP contribution >= 0.6 is 0 Å². The molecule has 0 spiro atoms. The fourth-order valence-electron chi connectivity index (χ4n) is 2.64. The van der Waals surface area contributed by atoms with E-state index in [1.54, 1.807) is 31.2 Å². The molecule has 0 aliphatic heterocycles. The van der Waals surface area contributed by atoms with Gasteiger partial charge in [-0.2, -0.15) is 0 Å². The summed E-state index contributed by atoms with van der Waals surface area (Å²) in [6, 6.07) is 23.9. The molecule has 0 saturated carbocycles. The number of carbonyl (C=O) groups excluding carboxylic acids is 1. The van der Waals surface area contributed by atoms with Gasteiger partial charge >= 0.3 is 0 Å². The van der Waals surface area contributed by atoms with E-state index in [0.717, 1.165) is 5.56 Å². The predicted molar refractivity (Wildman–Crippen MR) is 106 cm³/mol. The van der Waals surface area contributed by atoms with E-state index >= 15 is 0 Å². The Morgan fingerprint density at radius 3 is 2.15 bits per heavy atom. The van der Waals surface area contributed by atoms with E-state index in [-0.39, 0.29) is 16.4 Å². The number of anilines is 1. The number of amides is 1. The molecule has 0 radical (unpaired) electrons. The monoisotopic (exact) mass is 380 g/mol. The molecule has 3 aromatic carbocycles. The molecular formula is C21H20N2O3S. The third kappa shape index (κ3) is 4.81. The minimum atomic E-state index is -3.77. The van der Waals surface area contributed by atoms with Gasteiger partial charge in [0.15, 0.2) is 0 Å². The Hall–Kier alpha value is -2.96. The first-order valence-electron chi connectivity index (χ1n) is 8.49. The van der Waals surface area contributed by atoms with E-state index in [4.69, 9.17) is 0 Å². The lowest BCUT2D eigenvalue weighted by Crippen LogP contribution is -2.27. The number of sulfonamides is 1. The van der Waals surface area contributed by atoms with E-state index in [1.807, 2.05) is 48.5 Å². The molecule has 0 heterocycles. The second-order valence-corrected chi connectivity index (χ2v) is 7.82. The molecule has 5 nitrogen and oxygen atoms in total. The van der Waals surface area contributed by atoms with Gasteiger partial charge in [0.05, 0.1) is 4.90 Å². The standard InChI is InChI=1S/C21H20N2O3S/c1-16(17-9-4-2-5-10-17)23-27(25,26)20-14-8-11-18(15-20)21(24)22-19-12-6-3-7-13-19/h2-16,23H,1H3,(H,22,24). The molecule has 1 unspecified atom stereocenters. The predicted octanol–water partition coefficient (Wildman–Crippen LogP) is 3.98. The van der Waals surface area contributed by atoms with Crippen molar-refractivity contribution in [1.29, 1.82) is 0 Å². The number of hydrogen-bond donors (Lipinski definition) is 2. The summed E-state index contributed by atoms with van der Waals surface area (Å²) in [5.74, 6) is -0.366. The Morgan fingerprint density at radius 2 is 1.48 bits per heavy atom. The SMILES string of the molecule is CC(NS(=O)(=O)c1cccc(C(=O)Nc2ccccc2)c1)c1ccccc1. The van der Waals surface area contributed by atoms with Crippen LogP contribution in [-0.4, -0.2) is 14.3 Å². The van der Waals surface area contributed by atoms with Crippen LogP contribution in [0.15, 0.2) is 89.8 Å². The summed E-state index contributed by atoms with van der Waals surface area (Å²) in [6.07, 6.45) is 0. The van der Waals surface area contributed by atoms with Crippen molar-refractivity contribution in [1.82, 2.24) is 4.72 Å². The average molecular weight is 380 g/mol. The minimum absolute atomic E-state index is 0.0472. The highest BCUT2D eigenvalue weighted by Crippen LogP contribution is 2.18. The van der Waals surface area contributed by atoms with E-state index in [9.17, 15) is 13.2 Å². The van der Waals surface area contributed by atoms with Crippen LogP contribution in [0.1, 0.15) is 28.9 Å². The van der Waals surface area contributed by atoms with Crippen molar-refractivity contribution in [2.45, 2.75) is 17.9 Å². The van der Waals surface area contributed by atoms with Gasteiger partial charge < -0.3 is 5.32 Å². The topological polar surface area (TPSA) is 75.3 Å². The molecule has 0 aliphatic carbocycles. The Bertz CT molecular complexity index is 1020. The zero-order valence-corrected chi connectivity index (χ0v) is 15.6. The summed E-state index contributed by atoms with van der Waals surface area (Å²) in [5, 5.41) is 2.75. The highest BCUT2D eigenvalue weighted by atomic mass is 32.2. The van der Waals surface area contributed by atoms with E-state index in [2.05, 4.69) is 10.0 Å². The smallest absolute Gasteiger partial charge is 0.255 e. The third-order valence-corrected chi connectivity index (χ3v) is 5.61. The zero-order chi connectivity index (χ0) is 19.3. The van der Waals surface area contributed by atoms with Gasteiger partial charge in [-0.1, -0.05) is 54.6 Å². The van der Waals surface area contributed by atoms with E-state index < -0.39 is 16.1 Å². The molecule has 6 heteroatoms. The van der Waals surface area contributed by atoms with Crippen molar-refractivity contribution in [2.24, 2.45) is 0 Å². The number of carbonyl (C=O) groups is 1. The van der Waals surface area contributed by atoms with Crippen LogP contribution in [0.3, 0.4) is 0 Å². The second-order valence-electron chi connectivity index (χ2n) is 6.10. The Kier molecular flexibility index (Phi) is 5.69. The third-order valence-electron chi connectivity index (χ3n) is 4.07. The first kappa shape index (κ1) is 18.8. The molecule has 0 aromatic heterocycles. The highest BCUT2D eigenvalue weighted by molar-refractivity contribution is 7.89. The number of nitrogens with one attached hydrogen (secondary N) is 2. The van der Waals surface area contributed by atoms with Gasteiger partial charge in [-0.3, -0.25) is 4.79 Å². The van der Waals surface area contributed by atoms with Gasteiger partial charge in [0.1, 0.15) is 0 Å².